The van der Waals surface area contributed by atoms with Gasteiger partial charge in [-0.3, -0.25) is 5.10 Å². The van der Waals surface area contributed by atoms with Crippen LogP contribution in [0.25, 0.3) is 0 Å². The lowest BCUT2D eigenvalue weighted by atomic mass is 10.3. The van der Waals surface area contributed by atoms with Crippen LogP contribution in [0.2, 0.25) is 0 Å². The Balaban J connectivity index is 2.30. The number of aromatic amines is 1. The molecule has 1 aromatic rings. The van der Waals surface area contributed by atoms with Crippen LogP contribution >= 0.6 is 0 Å². The van der Waals surface area contributed by atoms with E-state index in [2.05, 4.69) is 27.4 Å². The minimum absolute atomic E-state index is 0.260. The Labute approximate surface area is 76.2 Å². The fourth-order valence-electron chi connectivity index (χ4n) is 0.726. The molecule has 5 heteroatoms. The molecular formula is C8H12N4O. The zero-order valence-electron chi connectivity index (χ0n) is 7.42. The van der Waals surface area contributed by atoms with E-state index in [0.717, 1.165) is 5.57 Å². The second kappa shape index (κ2) is 4.30. The van der Waals surface area contributed by atoms with Gasteiger partial charge in [0.15, 0.2) is 0 Å². The topological polar surface area (TPSA) is 69.8 Å². The van der Waals surface area contributed by atoms with Crippen LogP contribution < -0.4 is 10.6 Å². The highest BCUT2D eigenvalue weighted by atomic mass is 16.2. The van der Waals surface area contributed by atoms with Crippen molar-refractivity contribution in [3.05, 3.63) is 24.5 Å². The Morgan fingerprint density at radius 2 is 2.54 bits per heavy atom. The standard InChI is InChI=1S/C8H12N4O/c1-6(2)3-9-8(13)12-7-4-10-11-5-7/h4-5H,1,3H2,2H3,(H,10,11)(H2,9,12,13). The molecule has 0 spiro atoms. The maximum Gasteiger partial charge on any atom is 0.319 e. The monoisotopic (exact) mass is 180 g/mol. The number of carbonyl (C=O) groups is 1. The second-order valence-corrected chi connectivity index (χ2v) is 2.75. The van der Waals surface area contributed by atoms with Crippen LogP contribution in [-0.4, -0.2) is 22.8 Å². The average Bonchev–Trinajstić information content (AvgIpc) is 2.53. The molecule has 13 heavy (non-hydrogen) atoms. The van der Waals surface area contributed by atoms with Crippen LogP contribution in [0.4, 0.5) is 10.5 Å². The molecule has 0 radical (unpaired) electrons. The molecule has 2 amide bonds. The van der Waals surface area contributed by atoms with E-state index in [0.29, 0.717) is 12.2 Å². The molecule has 70 valence electrons. The smallest absolute Gasteiger partial charge is 0.319 e. The Bertz CT molecular complexity index is 291. The quantitative estimate of drug-likeness (QED) is 0.610. The van der Waals surface area contributed by atoms with Crippen molar-refractivity contribution in [3.8, 4) is 0 Å². The van der Waals surface area contributed by atoms with Crippen LogP contribution in [0.15, 0.2) is 24.5 Å². The molecule has 0 aliphatic carbocycles. The molecule has 0 saturated heterocycles. The van der Waals surface area contributed by atoms with Crippen molar-refractivity contribution in [1.29, 1.82) is 0 Å². The van der Waals surface area contributed by atoms with Gasteiger partial charge >= 0.3 is 6.03 Å². The number of rotatable bonds is 3. The zero-order chi connectivity index (χ0) is 9.68. The van der Waals surface area contributed by atoms with Crippen molar-refractivity contribution >= 4 is 11.7 Å². The highest BCUT2D eigenvalue weighted by molar-refractivity contribution is 5.88. The van der Waals surface area contributed by atoms with E-state index in [4.69, 9.17) is 0 Å². The highest BCUT2D eigenvalue weighted by Crippen LogP contribution is 1.99. The fourth-order valence-corrected chi connectivity index (χ4v) is 0.726. The number of nitrogens with one attached hydrogen (secondary N) is 3. The molecule has 0 unspecified atom stereocenters. The number of aromatic nitrogens is 2. The minimum Gasteiger partial charge on any atom is -0.334 e. The van der Waals surface area contributed by atoms with Crippen molar-refractivity contribution in [2.45, 2.75) is 6.92 Å². The van der Waals surface area contributed by atoms with Gasteiger partial charge in [-0.1, -0.05) is 12.2 Å². The molecule has 0 aliphatic rings. The van der Waals surface area contributed by atoms with Crippen LogP contribution in [0, 0.1) is 0 Å². The summed E-state index contributed by atoms with van der Waals surface area (Å²) in [6.07, 6.45) is 3.13. The van der Waals surface area contributed by atoms with Crippen molar-refractivity contribution in [2.24, 2.45) is 0 Å². The fraction of sp³-hybridized carbons (Fsp3) is 0.250. The summed E-state index contributed by atoms with van der Waals surface area (Å²) in [6, 6.07) is -0.260. The molecule has 0 atom stereocenters. The van der Waals surface area contributed by atoms with Gasteiger partial charge < -0.3 is 10.6 Å². The van der Waals surface area contributed by atoms with Gasteiger partial charge in [0.25, 0.3) is 0 Å². The lowest BCUT2D eigenvalue weighted by Gasteiger charge is -2.04. The van der Waals surface area contributed by atoms with E-state index in [9.17, 15) is 4.79 Å². The van der Waals surface area contributed by atoms with Crippen molar-refractivity contribution in [1.82, 2.24) is 15.5 Å². The van der Waals surface area contributed by atoms with E-state index in [1.165, 1.54) is 6.20 Å². The number of carbonyl (C=O) groups excluding carboxylic acids is 1. The predicted molar refractivity (Wildman–Crippen MR) is 50.4 cm³/mol. The zero-order valence-corrected chi connectivity index (χ0v) is 7.42. The van der Waals surface area contributed by atoms with E-state index < -0.39 is 0 Å². The van der Waals surface area contributed by atoms with Gasteiger partial charge in [-0.15, -0.1) is 0 Å². The second-order valence-electron chi connectivity index (χ2n) is 2.75. The molecule has 0 bridgehead atoms. The first kappa shape index (κ1) is 9.31. The molecule has 3 N–H and O–H groups in total. The first-order valence-corrected chi connectivity index (χ1v) is 3.86. The summed E-state index contributed by atoms with van der Waals surface area (Å²) in [7, 11) is 0. The minimum atomic E-state index is -0.260. The Morgan fingerprint density at radius 3 is 3.08 bits per heavy atom. The summed E-state index contributed by atoms with van der Waals surface area (Å²) in [5.74, 6) is 0. The predicted octanol–water partition coefficient (Wildman–Crippen LogP) is 1.11. The SMILES string of the molecule is C=C(C)CNC(=O)Nc1cn[nH]c1. The van der Waals surface area contributed by atoms with Gasteiger partial charge in [0.05, 0.1) is 11.9 Å². The molecule has 0 fully saturated rings. The van der Waals surface area contributed by atoms with Gasteiger partial charge in [-0.05, 0) is 6.92 Å². The molecule has 5 nitrogen and oxygen atoms in total. The van der Waals surface area contributed by atoms with Crippen LogP contribution in [0.3, 0.4) is 0 Å². The Kier molecular flexibility index (Phi) is 3.08. The third kappa shape index (κ3) is 3.42. The molecular weight excluding hydrogens is 168 g/mol. The van der Waals surface area contributed by atoms with E-state index in [1.807, 2.05) is 6.92 Å². The summed E-state index contributed by atoms with van der Waals surface area (Å²) in [6.45, 7) is 5.98. The van der Waals surface area contributed by atoms with E-state index >= 15 is 0 Å². The number of urea groups is 1. The normalized spacial score (nSPS) is 9.31. The number of hydrogen-bond donors (Lipinski definition) is 3. The number of nitrogens with zero attached hydrogens (tertiary/aromatic N) is 1. The van der Waals surface area contributed by atoms with Gasteiger partial charge in [0.1, 0.15) is 0 Å². The van der Waals surface area contributed by atoms with Crippen LogP contribution in [0.5, 0.6) is 0 Å². The summed E-state index contributed by atoms with van der Waals surface area (Å²) < 4.78 is 0. The van der Waals surface area contributed by atoms with E-state index in [-0.39, 0.29) is 6.03 Å². The van der Waals surface area contributed by atoms with Crippen molar-refractivity contribution in [3.63, 3.8) is 0 Å². The summed E-state index contributed by atoms with van der Waals surface area (Å²) in [4.78, 5) is 11.1. The lowest BCUT2D eigenvalue weighted by Crippen LogP contribution is -2.29. The number of amides is 2. The number of anilines is 1. The van der Waals surface area contributed by atoms with E-state index in [1.54, 1.807) is 6.20 Å². The maximum atomic E-state index is 11.1. The van der Waals surface area contributed by atoms with Crippen LogP contribution in [0.1, 0.15) is 6.92 Å². The highest BCUT2D eigenvalue weighted by Gasteiger charge is 2.00. The van der Waals surface area contributed by atoms with Gasteiger partial charge in [0, 0.05) is 12.7 Å². The third-order valence-corrected chi connectivity index (χ3v) is 1.31. The summed E-state index contributed by atoms with van der Waals surface area (Å²) in [5, 5.41) is 11.5. The molecule has 0 aromatic carbocycles. The Morgan fingerprint density at radius 1 is 1.77 bits per heavy atom. The van der Waals surface area contributed by atoms with Gasteiger partial charge in [-0.2, -0.15) is 5.10 Å². The first-order valence-electron chi connectivity index (χ1n) is 3.86. The lowest BCUT2D eigenvalue weighted by molar-refractivity contribution is 0.253. The number of hydrogen-bond acceptors (Lipinski definition) is 2. The van der Waals surface area contributed by atoms with Crippen LogP contribution in [-0.2, 0) is 0 Å². The number of H-pyrrole nitrogens is 1. The summed E-state index contributed by atoms with van der Waals surface area (Å²) in [5.41, 5.74) is 1.54. The Hall–Kier alpha value is -1.78. The van der Waals surface area contributed by atoms with Gasteiger partial charge in [-0.25, -0.2) is 4.79 Å². The largest absolute Gasteiger partial charge is 0.334 e. The average molecular weight is 180 g/mol. The molecule has 1 heterocycles. The molecule has 1 aromatic heterocycles. The molecule has 1 rings (SSSR count). The van der Waals surface area contributed by atoms with Crippen molar-refractivity contribution in [2.75, 3.05) is 11.9 Å². The third-order valence-electron chi connectivity index (χ3n) is 1.31. The first-order chi connectivity index (χ1) is 6.18. The summed E-state index contributed by atoms with van der Waals surface area (Å²) >= 11 is 0. The molecule has 0 aliphatic heterocycles. The maximum absolute atomic E-state index is 11.1. The van der Waals surface area contributed by atoms with Crippen molar-refractivity contribution < 1.29 is 4.79 Å². The molecule has 0 saturated carbocycles. The van der Waals surface area contributed by atoms with Gasteiger partial charge in [0.2, 0.25) is 0 Å².